The first-order chi connectivity index (χ1) is 10.7. The van der Waals surface area contributed by atoms with Crippen LogP contribution in [0, 0.1) is 5.82 Å². The van der Waals surface area contributed by atoms with E-state index in [1.54, 1.807) is 17.4 Å². The van der Waals surface area contributed by atoms with Gasteiger partial charge in [-0.2, -0.15) is 0 Å². The van der Waals surface area contributed by atoms with Crippen molar-refractivity contribution in [3.63, 3.8) is 0 Å². The van der Waals surface area contributed by atoms with E-state index < -0.39 is 0 Å². The lowest BCUT2D eigenvalue weighted by atomic mass is 10.2. The molecule has 2 aromatic carbocycles. The highest BCUT2D eigenvalue weighted by atomic mass is 32.1. The fourth-order valence-corrected chi connectivity index (χ4v) is 3.44. The summed E-state index contributed by atoms with van der Waals surface area (Å²) < 4.78 is 19.8. The minimum absolute atomic E-state index is 0.276. The molecule has 0 amide bonds. The average molecular weight is 316 g/mol. The summed E-state index contributed by atoms with van der Waals surface area (Å²) in [5.41, 5.74) is 1.95. The molecule has 0 N–H and O–H groups in total. The summed E-state index contributed by atoms with van der Waals surface area (Å²) in [4.78, 5) is 6.75. The largest absolute Gasteiger partial charge is 0.494 e. The Hall–Kier alpha value is -1.98. The summed E-state index contributed by atoms with van der Waals surface area (Å²) in [6.45, 7) is 1.41. The number of hydrogen-bond acceptors (Lipinski definition) is 4. The first-order valence-electron chi connectivity index (χ1n) is 7.01. The number of thiazole rings is 1. The van der Waals surface area contributed by atoms with Crippen LogP contribution in [0.4, 0.5) is 4.39 Å². The highest BCUT2D eigenvalue weighted by molar-refractivity contribution is 7.18. The molecule has 0 saturated heterocycles. The van der Waals surface area contributed by atoms with Gasteiger partial charge >= 0.3 is 0 Å². The van der Waals surface area contributed by atoms with Gasteiger partial charge in [0.1, 0.15) is 5.01 Å². The smallest absolute Gasteiger partial charge is 0.165 e. The Morgan fingerprint density at radius 1 is 1.18 bits per heavy atom. The van der Waals surface area contributed by atoms with Gasteiger partial charge in [-0.05, 0) is 36.9 Å². The molecule has 0 radical (unpaired) electrons. The van der Waals surface area contributed by atoms with Crippen molar-refractivity contribution in [1.29, 1.82) is 0 Å². The van der Waals surface area contributed by atoms with Gasteiger partial charge in [0.05, 0.1) is 23.9 Å². The molecule has 3 aromatic rings. The quantitative estimate of drug-likeness (QED) is 0.709. The molecule has 0 aliphatic heterocycles. The molecule has 114 valence electrons. The first-order valence-corrected chi connectivity index (χ1v) is 7.83. The molecular weight excluding hydrogens is 299 g/mol. The maximum atomic E-state index is 13.7. The zero-order valence-electron chi connectivity index (χ0n) is 12.5. The summed E-state index contributed by atoms with van der Waals surface area (Å²) in [5, 5.41) is 1.07. The van der Waals surface area contributed by atoms with E-state index in [-0.39, 0.29) is 11.6 Å². The number of halogens is 1. The molecule has 3 rings (SSSR count). The number of benzene rings is 2. The number of aromatic nitrogens is 1. The van der Waals surface area contributed by atoms with Gasteiger partial charge in [0, 0.05) is 6.54 Å². The van der Waals surface area contributed by atoms with Crippen molar-refractivity contribution >= 4 is 21.6 Å². The van der Waals surface area contributed by atoms with Crippen molar-refractivity contribution in [2.75, 3.05) is 14.2 Å². The van der Waals surface area contributed by atoms with Gasteiger partial charge in [0.2, 0.25) is 0 Å². The Kier molecular flexibility index (Phi) is 4.36. The highest BCUT2D eigenvalue weighted by Gasteiger charge is 2.09. The lowest BCUT2D eigenvalue weighted by Gasteiger charge is -2.15. The van der Waals surface area contributed by atoms with E-state index in [2.05, 4.69) is 16.0 Å². The predicted molar refractivity (Wildman–Crippen MR) is 87.7 cm³/mol. The van der Waals surface area contributed by atoms with Crippen LogP contribution >= 0.6 is 11.3 Å². The Morgan fingerprint density at radius 2 is 2.00 bits per heavy atom. The van der Waals surface area contributed by atoms with Crippen molar-refractivity contribution in [1.82, 2.24) is 9.88 Å². The molecule has 1 aromatic heterocycles. The van der Waals surface area contributed by atoms with Gasteiger partial charge in [0.15, 0.2) is 11.6 Å². The van der Waals surface area contributed by atoms with Crippen LogP contribution in [-0.4, -0.2) is 24.0 Å². The van der Waals surface area contributed by atoms with Gasteiger partial charge in [-0.25, -0.2) is 9.37 Å². The third-order valence-electron chi connectivity index (χ3n) is 3.41. The highest BCUT2D eigenvalue weighted by Crippen LogP contribution is 2.23. The first kappa shape index (κ1) is 14.9. The third-order valence-corrected chi connectivity index (χ3v) is 4.43. The van der Waals surface area contributed by atoms with Crippen molar-refractivity contribution in [3.05, 3.63) is 58.9 Å². The van der Waals surface area contributed by atoms with E-state index in [9.17, 15) is 4.39 Å². The maximum absolute atomic E-state index is 13.7. The molecule has 0 unspecified atom stereocenters. The topological polar surface area (TPSA) is 25.4 Å². The van der Waals surface area contributed by atoms with Crippen LogP contribution in [0.5, 0.6) is 5.75 Å². The molecule has 5 heteroatoms. The standard InChI is InChI=1S/C17H17FN2OS/c1-20(10-12-7-8-15(21-2)13(18)9-12)11-17-19-14-5-3-4-6-16(14)22-17/h3-9H,10-11H2,1-2H3. The number of methoxy groups -OCH3 is 1. The summed E-state index contributed by atoms with van der Waals surface area (Å²) in [7, 11) is 3.48. The lowest BCUT2D eigenvalue weighted by molar-refractivity contribution is 0.317. The summed E-state index contributed by atoms with van der Waals surface area (Å²) in [6.07, 6.45) is 0. The number of hydrogen-bond donors (Lipinski definition) is 0. The zero-order chi connectivity index (χ0) is 15.5. The van der Waals surface area contributed by atoms with E-state index >= 15 is 0 Å². The van der Waals surface area contributed by atoms with Crippen LogP contribution in [0.3, 0.4) is 0 Å². The number of para-hydroxylation sites is 1. The van der Waals surface area contributed by atoms with E-state index in [0.29, 0.717) is 6.54 Å². The van der Waals surface area contributed by atoms with Crippen LogP contribution in [0.2, 0.25) is 0 Å². The Morgan fingerprint density at radius 3 is 2.73 bits per heavy atom. The summed E-state index contributed by atoms with van der Waals surface area (Å²) in [6, 6.07) is 13.2. The normalized spacial score (nSPS) is 11.3. The summed E-state index contributed by atoms with van der Waals surface area (Å²) in [5.74, 6) is -0.0500. The predicted octanol–water partition coefficient (Wildman–Crippen LogP) is 4.08. The second kappa shape index (κ2) is 6.42. The van der Waals surface area contributed by atoms with Crippen LogP contribution in [0.25, 0.3) is 10.2 Å². The van der Waals surface area contributed by atoms with Crippen LogP contribution in [0.1, 0.15) is 10.6 Å². The van der Waals surface area contributed by atoms with Gasteiger partial charge in [-0.15, -0.1) is 11.3 Å². The lowest BCUT2D eigenvalue weighted by Crippen LogP contribution is -2.17. The molecule has 0 spiro atoms. The Bertz CT molecular complexity index is 754. The van der Waals surface area contributed by atoms with Gasteiger partial charge in [-0.1, -0.05) is 18.2 Å². The minimum Gasteiger partial charge on any atom is -0.494 e. The second-order valence-electron chi connectivity index (χ2n) is 5.22. The second-order valence-corrected chi connectivity index (χ2v) is 6.33. The molecule has 1 heterocycles. The number of rotatable bonds is 5. The monoisotopic (exact) mass is 316 g/mol. The zero-order valence-corrected chi connectivity index (χ0v) is 13.4. The molecule has 22 heavy (non-hydrogen) atoms. The molecular formula is C17H17FN2OS. The number of nitrogens with zero attached hydrogens (tertiary/aromatic N) is 2. The van der Waals surface area contributed by atoms with Crippen LogP contribution < -0.4 is 4.74 Å². The molecule has 0 fully saturated rings. The Balaban J connectivity index is 1.69. The van der Waals surface area contributed by atoms with Gasteiger partial charge < -0.3 is 4.74 Å². The maximum Gasteiger partial charge on any atom is 0.165 e. The molecule has 0 aliphatic carbocycles. The van der Waals surface area contributed by atoms with Crippen molar-refractivity contribution < 1.29 is 9.13 Å². The molecule has 3 nitrogen and oxygen atoms in total. The Labute approximate surface area is 133 Å². The number of fused-ring (bicyclic) bond motifs is 1. The fraction of sp³-hybridized carbons (Fsp3) is 0.235. The van der Waals surface area contributed by atoms with Gasteiger partial charge in [0.25, 0.3) is 0 Å². The van der Waals surface area contributed by atoms with E-state index in [1.807, 2.05) is 31.3 Å². The molecule has 0 bridgehead atoms. The van der Waals surface area contributed by atoms with Crippen molar-refractivity contribution in [2.24, 2.45) is 0 Å². The van der Waals surface area contributed by atoms with Crippen LogP contribution in [0.15, 0.2) is 42.5 Å². The van der Waals surface area contributed by atoms with Gasteiger partial charge in [-0.3, -0.25) is 4.90 Å². The SMILES string of the molecule is COc1ccc(CN(C)Cc2nc3ccccc3s2)cc1F. The molecule has 0 aliphatic rings. The fourth-order valence-electron chi connectivity index (χ4n) is 2.39. The summed E-state index contributed by atoms with van der Waals surface area (Å²) >= 11 is 1.70. The minimum atomic E-state index is -0.326. The molecule has 0 atom stereocenters. The van der Waals surface area contributed by atoms with E-state index in [1.165, 1.54) is 17.9 Å². The van der Waals surface area contributed by atoms with E-state index in [4.69, 9.17) is 4.74 Å². The average Bonchev–Trinajstić information content (AvgIpc) is 2.89. The van der Waals surface area contributed by atoms with Crippen molar-refractivity contribution in [3.8, 4) is 5.75 Å². The molecule has 0 saturated carbocycles. The number of ether oxygens (including phenoxy) is 1. The third kappa shape index (κ3) is 3.26. The van der Waals surface area contributed by atoms with E-state index in [0.717, 1.165) is 22.6 Å². The van der Waals surface area contributed by atoms with Crippen molar-refractivity contribution in [2.45, 2.75) is 13.1 Å². The van der Waals surface area contributed by atoms with Crippen LogP contribution in [-0.2, 0) is 13.1 Å².